The second kappa shape index (κ2) is 5.31. The van der Waals surface area contributed by atoms with Crippen molar-refractivity contribution in [3.8, 4) is 0 Å². The molecule has 1 saturated carbocycles. The lowest BCUT2D eigenvalue weighted by Gasteiger charge is -2.38. The molecule has 0 amide bonds. The number of hydrogen-bond acceptors (Lipinski definition) is 4. The summed E-state index contributed by atoms with van der Waals surface area (Å²) in [6, 6.07) is 6.64. The third-order valence-corrected chi connectivity index (χ3v) is 4.74. The number of fused-ring (bicyclic) bond motifs is 2. The first-order valence-electron chi connectivity index (χ1n) is 7.93. The number of hydrogen-bond donors (Lipinski definition) is 1. The number of nitrogens with zero attached hydrogens (tertiary/aromatic N) is 3. The Hall–Kier alpha value is -1.59. The van der Waals surface area contributed by atoms with Gasteiger partial charge in [-0.2, -0.15) is 0 Å². The van der Waals surface area contributed by atoms with E-state index in [-0.39, 0.29) is 0 Å². The predicted octanol–water partition coefficient (Wildman–Crippen LogP) is 1.59. The third-order valence-electron chi connectivity index (χ3n) is 4.74. The van der Waals surface area contributed by atoms with Crippen LogP contribution in [0.4, 0.5) is 5.82 Å². The zero-order chi connectivity index (χ0) is 14.2. The van der Waals surface area contributed by atoms with Crippen molar-refractivity contribution in [1.29, 1.82) is 0 Å². The van der Waals surface area contributed by atoms with E-state index in [9.17, 15) is 0 Å². The van der Waals surface area contributed by atoms with Crippen molar-refractivity contribution in [2.24, 2.45) is 5.73 Å². The molecule has 2 aromatic heterocycles. The van der Waals surface area contributed by atoms with Crippen molar-refractivity contribution in [2.75, 3.05) is 24.6 Å². The van der Waals surface area contributed by atoms with Gasteiger partial charge in [-0.05, 0) is 37.9 Å². The van der Waals surface area contributed by atoms with Crippen molar-refractivity contribution < 1.29 is 4.74 Å². The molecule has 21 heavy (non-hydrogen) atoms. The Morgan fingerprint density at radius 3 is 3.19 bits per heavy atom. The van der Waals surface area contributed by atoms with E-state index < -0.39 is 0 Å². The topological polar surface area (TPSA) is 55.8 Å². The highest BCUT2D eigenvalue weighted by Gasteiger charge is 2.38. The molecular formula is C16H22N4O. The van der Waals surface area contributed by atoms with Gasteiger partial charge in [0.1, 0.15) is 5.65 Å². The summed E-state index contributed by atoms with van der Waals surface area (Å²) in [6.45, 7) is 2.38. The first-order valence-corrected chi connectivity index (χ1v) is 7.93. The van der Waals surface area contributed by atoms with E-state index in [4.69, 9.17) is 15.5 Å². The maximum atomic E-state index is 5.93. The zero-order valence-electron chi connectivity index (χ0n) is 12.2. The molecule has 2 aliphatic rings. The van der Waals surface area contributed by atoms with Crippen LogP contribution in [0.3, 0.4) is 0 Å². The molecule has 112 valence electrons. The number of aromatic nitrogens is 2. The minimum atomic E-state index is 0.384. The molecule has 2 atom stereocenters. The average molecular weight is 286 g/mol. The van der Waals surface area contributed by atoms with Crippen LogP contribution in [0, 0.1) is 0 Å². The van der Waals surface area contributed by atoms with Crippen LogP contribution in [0.1, 0.15) is 25.0 Å². The summed E-state index contributed by atoms with van der Waals surface area (Å²) in [5.74, 6) is 1.12. The summed E-state index contributed by atoms with van der Waals surface area (Å²) in [4.78, 5) is 7.36. The van der Waals surface area contributed by atoms with Gasteiger partial charge in [-0.15, -0.1) is 0 Å². The average Bonchev–Trinajstić information content (AvgIpc) is 3.12. The van der Waals surface area contributed by atoms with Gasteiger partial charge in [-0.25, -0.2) is 4.98 Å². The Kier molecular flexibility index (Phi) is 3.31. The molecule has 0 spiro atoms. The summed E-state index contributed by atoms with van der Waals surface area (Å²) >= 11 is 0. The molecular weight excluding hydrogens is 264 g/mol. The van der Waals surface area contributed by atoms with Crippen LogP contribution in [0.2, 0.25) is 0 Å². The van der Waals surface area contributed by atoms with E-state index in [2.05, 4.69) is 27.6 Å². The Balaban J connectivity index is 1.79. The fourth-order valence-electron chi connectivity index (χ4n) is 3.82. The number of imidazole rings is 1. The van der Waals surface area contributed by atoms with Gasteiger partial charge >= 0.3 is 0 Å². The molecule has 1 saturated heterocycles. The highest BCUT2D eigenvalue weighted by Crippen LogP contribution is 2.34. The number of anilines is 1. The quantitative estimate of drug-likeness (QED) is 0.931. The lowest BCUT2D eigenvalue weighted by atomic mass is 10.1. The molecule has 0 bridgehead atoms. The highest BCUT2D eigenvalue weighted by atomic mass is 16.5. The Morgan fingerprint density at radius 2 is 2.29 bits per heavy atom. The van der Waals surface area contributed by atoms with Gasteiger partial charge in [0.05, 0.1) is 24.4 Å². The molecule has 2 N–H and O–H groups in total. The lowest BCUT2D eigenvalue weighted by Crippen LogP contribution is -2.49. The Morgan fingerprint density at radius 1 is 1.33 bits per heavy atom. The van der Waals surface area contributed by atoms with Crippen molar-refractivity contribution in [1.82, 2.24) is 9.38 Å². The predicted molar refractivity (Wildman–Crippen MR) is 82.7 cm³/mol. The van der Waals surface area contributed by atoms with Gasteiger partial charge in [0, 0.05) is 19.2 Å². The van der Waals surface area contributed by atoms with Crippen LogP contribution in [-0.4, -0.2) is 41.2 Å². The van der Waals surface area contributed by atoms with E-state index in [1.165, 1.54) is 25.0 Å². The molecule has 0 radical (unpaired) electrons. The fourth-order valence-corrected chi connectivity index (χ4v) is 3.82. The molecule has 2 fully saturated rings. The molecule has 4 rings (SSSR count). The Bertz CT molecular complexity index is 638. The fraction of sp³-hybridized carbons (Fsp3) is 0.562. The molecule has 1 aliphatic heterocycles. The normalized spacial score (nSPS) is 25.5. The van der Waals surface area contributed by atoms with Crippen molar-refractivity contribution in [3.63, 3.8) is 0 Å². The highest BCUT2D eigenvalue weighted by molar-refractivity contribution is 5.57. The third kappa shape index (κ3) is 2.12. The molecule has 2 unspecified atom stereocenters. The standard InChI is InChI=1S/C16H22N4O/c17-8-7-13-16(18-15-6-1-2-9-19(13)15)20-10-11-21-14-5-3-4-12(14)20/h1-2,6,9,12,14H,3-5,7-8,10-11,17H2. The second-order valence-electron chi connectivity index (χ2n) is 5.95. The van der Waals surface area contributed by atoms with E-state index >= 15 is 0 Å². The molecule has 3 heterocycles. The number of ether oxygens (including phenoxy) is 1. The molecule has 0 aromatic carbocycles. The summed E-state index contributed by atoms with van der Waals surface area (Å²) in [7, 11) is 0. The summed E-state index contributed by atoms with van der Waals surface area (Å²) in [6.07, 6.45) is 6.97. The van der Waals surface area contributed by atoms with Gasteiger partial charge in [0.25, 0.3) is 0 Å². The van der Waals surface area contributed by atoms with Crippen LogP contribution in [-0.2, 0) is 11.2 Å². The SMILES string of the molecule is NCCc1c(N2CCOC3CCCC32)nc2ccccn12. The van der Waals surface area contributed by atoms with Gasteiger partial charge in [-0.1, -0.05) is 6.07 Å². The zero-order valence-corrected chi connectivity index (χ0v) is 12.2. The van der Waals surface area contributed by atoms with Gasteiger partial charge in [0.2, 0.25) is 0 Å². The molecule has 5 nitrogen and oxygen atoms in total. The summed E-state index contributed by atoms with van der Waals surface area (Å²) < 4.78 is 8.11. The first kappa shape index (κ1) is 13.1. The van der Waals surface area contributed by atoms with E-state index in [0.29, 0.717) is 18.7 Å². The van der Waals surface area contributed by atoms with Crippen LogP contribution >= 0.6 is 0 Å². The number of morpholine rings is 1. The smallest absolute Gasteiger partial charge is 0.151 e. The van der Waals surface area contributed by atoms with Gasteiger partial charge in [-0.3, -0.25) is 0 Å². The largest absolute Gasteiger partial charge is 0.374 e. The molecule has 2 aromatic rings. The number of nitrogens with two attached hydrogens (primary N) is 1. The molecule has 5 heteroatoms. The maximum absolute atomic E-state index is 5.93. The van der Waals surface area contributed by atoms with Crippen LogP contribution in [0.15, 0.2) is 24.4 Å². The minimum absolute atomic E-state index is 0.384. The van der Waals surface area contributed by atoms with E-state index in [1.54, 1.807) is 0 Å². The summed E-state index contributed by atoms with van der Waals surface area (Å²) in [5, 5.41) is 0. The van der Waals surface area contributed by atoms with Gasteiger partial charge < -0.3 is 19.8 Å². The molecule has 1 aliphatic carbocycles. The van der Waals surface area contributed by atoms with E-state index in [1.807, 2.05) is 6.07 Å². The van der Waals surface area contributed by atoms with Crippen molar-refractivity contribution in [2.45, 2.75) is 37.8 Å². The number of rotatable bonds is 3. The van der Waals surface area contributed by atoms with Gasteiger partial charge in [0.15, 0.2) is 5.82 Å². The minimum Gasteiger partial charge on any atom is -0.374 e. The van der Waals surface area contributed by atoms with Crippen LogP contribution in [0.5, 0.6) is 0 Å². The van der Waals surface area contributed by atoms with Crippen molar-refractivity contribution in [3.05, 3.63) is 30.1 Å². The number of pyridine rings is 1. The second-order valence-corrected chi connectivity index (χ2v) is 5.95. The first-order chi connectivity index (χ1) is 10.4. The summed E-state index contributed by atoms with van der Waals surface area (Å²) in [5.41, 5.74) is 8.08. The van der Waals surface area contributed by atoms with Crippen LogP contribution < -0.4 is 10.6 Å². The van der Waals surface area contributed by atoms with Crippen molar-refractivity contribution >= 4 is 11.5 Å². The lowest BCUT2D eigenvalue weighted by molar-refractivity contribution is 0.0253. The monoisotopic (exact) mass is 286 g/mol. The van der Waals surface area contributed by atoms with Crippen LogP contribution in [0.25, 0.3) is 5.65 Å². The Labute approximate surface area is 124 Å². The maximum Gasteiger partial charge on any atom is 0.151 e. The van der Waals surface area contributed by atoms with E-state index in [0.717, 1.165) is 31.0 Å².